The van der Waals surface area contributed by atoms with Crippen LogP contribution in [-0.4, -0.2) is 32.8 Å². The van der Waals surface area contributed by atoms with Crippen LogP contribution in [-0.2, 0) is 0 Å². The second-order valence-corrected chi connectivity index (χ2v) is 5.28. The van der Waals surface area contributed by atoms with Crippen molar-refractivity contribution in [1.82, 2.24) is 19.6 Å². The minimum atomic E-state index is 0.0234. The molecular weight excluding hydrogens is 306 g/mol. The number of hydrogen-bond donors (Lipinski definition) is 1. The monoisotopic (exact) mass is 327 g/mol. The first-order chi connectivity index (χ1) is 11.7. The molecular formula is C17H21N5O2. The fraction of sp³-hybridized carbons (Fsp3) is 0.353. The van der Waals surface area contributed by atoms with Gasteiger partial charge in [-0.15, -0.1) is 10.2 Å². The van der Waals surface area contributed by atoms with Crippen molar-refractivity contribution in [3.05, 3.63) is 42.5 Å². The van der Waals surface area contributed by atoms with E-state index in [9.17, 15) is 0 Å². The Bertz CT molecular complexity index is 818. The highest BCUT2D eigenvalue weighted by molar-refractivity contribution is 5.62. The number of hydrogen-bond acceptors (Lipinski definition) is 6. The Morgan fingerprint density at radius 1 is 1.17 bits per heavy atom. The predicted molar refractivity (Wildman–Crippen MR) is 91.6 cm³/mol. The molecule has 3 rings (SSSR count). The van der Waals surface area contributed by atoms with Crippen LogP contribution >= 0.6 is 0 Å². The number of anilines is 1. The van der Waals surface area contributed by atoms with Crippen LogP contribution in [0.4, 0.5) is 5.82 Å². The summed E-state index contributed by atoms with van der Waals surface area (Å²) in [6.45, 7) is 7.17. The number of nitrogens with zero attached hydrogens (tertiary/aromatic N) is 4. The van der Waals surface area contributed by atoms with Gasteiger partial charge in [-0.05, 0) is 38.5 Å². The van der Waals surface area contributed by atoms with E-state index in [4.69, 9.17) is 9.47 Å². The van der Waals surface area contributed by atoms with E-state index in [-0.39, 0.29) is 6.04 Å². The Kier molecular flexibility index (Phi) is 4.79. The summed E-state index contributed by atoms with van der Waals surface area (Å²) in [5.74, 6) is 2.20. The molecule has 0 aliphatic rings. The van der Waals surface area contributed by atoms with Crippen molar-refractivity contribution < 1.29 is 9.47 Å². The summed E-state index contributed by atoms with van der Waals surface area (Å²) in [4.78, 5) is 4.36. The Hall–Kier alpha value is -2.83. The SMILES string of the molecule is CCOc1ccc(C(C)Nc2nccn3cnnc23)cc1OCC. The molecule has 2 heterocycles. The van der Waals surface area contributed by atoms with Crippen molar-refractivity contribution in [2.75, 3.05) is 18.5 Å². The summed E-state index contributed by atoms with van der Waals surface area (Å²) >= 11 is 0. The Morgan fingerprint density at radius 2 is 1.96 bits per heavy atom. The zero-order valence-corrected chi connectivity index (χ0v) is 14.1. The number of rotatable bonds is 7. The highest BCUT2D eigenvalue weighted by Gasteiger charge is 2.13. The Morgan fingerprint density at radius 3 is 2.75 bits per heavy atom. The van der Waals surface area contributed by atoms with E-state index in [1.54, 1.807) is 12.5 Å². The van der Waals surface area contributed by atoms with Gasteiger partial charge in [-0.2, -0.15) is 0 Å². The third-order valence-electron chi connectivity index (χ3n) is 3.64. The highest BCUT2D eigenvalue weighted by Crippen LogP contribution is 2.31. The van der Waals surface area contributed by atoms with Gasteiger partial charge in [0.25, 0.3) is 0 Å². The van der Waals surface area contributed by atoms with Crippen LogP contribution in [0, 0.1) is 0 Å². The maximum atomic E-state index is 5.69. The van der Waals surface area contributed by atoms with Crippen LogP contribution in [0.15, 0.2) is 36.9 Å². The molecule has 0 aliphatic carbocycles. The average Bonchev–Trinajstić information content (AvgIpc) is 3.06. The van der Waals surface area contributed by atoms with E-state index in [0.29, 0.717) is 24.7 Å². The minimum Gasteiger partial charge on any atom is -0.490 e. The van der Waals surface area contributed by atoms with Crippen LogP contribution in [0.2, 0.25) is 0 Å². The first-order valence-corrected chi connectivity index (χ1v) is 8.03. The van der Waals surface area contributed by atoms with Gasteiger partial charge in [0.15, 0.2) is 17.3 Å². The zero-order chi connectivity index (χ0) is 16.9. The maximum absolute atomic E-state index is 5.69. The van der Waals surface area contributed by atoms with E-state index in [0.717, 1.165) is 17.1 Å². The summed E-state index contributed by atoms with van der Waals surface area (Å²) in [6.07, 6.45) is 5.18. The summed E-state index contributed by atoms with van der Waals surface area (Å²) < 4.78 is 13.1. The number of ether oxygens (including phenoxy) is 2. The molecule has 3 aromatic rings. The van der Waals surface area contributed by atoms with Gasteiger partial charge < -0.3 is 14.8 Å². The van der Waals surface area contributed by atoms with Gasteiger partial charge in [0.05, 0.1) is 19.3 Å². The molecule has 1 N–H and O–H groups in total. The van der Waals surface area contributed by atoms with Crippen molar-refractivity contribution in [3.8, 4) is 11.5 Å². The molecule has 126 valence electrons. The van der Waals surface area contributed by atoms with E-state index < -0.39 is 0 Å². The first-order valence-electron chi connectivity index (χ1n) is 8.03. The molecule has 0 spiro atoms. The van der Waals surface area contributed by atoms with Crippen LogP contribution < -0.4 is 14.8 Å². The van der Waals surface area contributed by atoms with Gasteiger partial charge in [0, 0.05) is 12.4 Å². The largest absolute Gasteiger partial charge is 0.490 e. The molecule has 0 saturated heterocycles. The fourth-order valence-corrected chi connectivity index (χ4v) is 2.49. The van der Waals surface area contributed by atoms with Gasteiger partial charge >= 0.3 is 0 Å². The third-order valence-corrected chi connectivity index (χ3v) is 3.64. The zero-order valence-electron chi connectivity index (χ0n) is 14.1. The molecule has 1 unspecified atom stereocenters. The number of benzene rings is 1. The summed E-state index contributed by atoms with van der Waals surface area (Å²) in [6, 6.07) is 5.98. The predicted octanol–water partition coefficient (Wildman–Crippen LogP) is 3.09. The molecule has 0 fully saturated rings. The van der Waals surface area contributed by atoms with Crippen molar-refractivity contribution in [2.24, 2.45) is 0 Å². The van der Waals surface area contributed by atoms with Gasteiger partial charge in [-0.25, -0.2) is 4.98 Å². The van der Waals surface area contributed by atoms with Gasteiger partial charge in [-0.3, -0.25) is 4.40 Å². The van der Waals surface area contributed by atoms with Crippen molar-refractivity contribution in [2.45, 2.75) is 26.8 Å². The van der Waals surface area contributed by atoms with E-state index in [2.05, 4.69) is 27.4 Å². The van der Waals surface area contributed by atoms with Crippen molar-refractivity contribution in [3.63, 3.8) is 0 Å². The topological polar surface area (TPSA) is 73.6 Å². The van der Waals surface area contributed by atoms with Crippen LogP contribution in [0.5, 0.6) is 11.5 Å². The Balaban J connectivity index is 1.85. The normalized spacial score (nSPS) is 12.1. The smallest absolute Gasteiger partial charge is 0.203 e. The quantitative estimate of drug-likeness (QED) is 0.719. The minimum absolute atomic E-state index is 0.0234. The van der Waals surface area contributed by atoms with E-state index in [1.165, 1.54) is 0 Å². The lowest BCUT2D eigenvalue weighted by atomic mass is 10.1. The van der Waals surface area contributed by atoms with E-state index in [1.807, 2.05) is 42.6 Å². The lowest BCUT2D eigenvalue weighted by Crippen LogP contribution is -2.10. The van der Waals surface area contributed by atoms with Gasteiger partial charge in [-0.1, -0.05) is 6.07 Å². The van der Waals surface area contributed by atoms with Gasteiger partial charge in [0.1, 0.15) is 6.33 Å². The lowest BCUT2D eigenvalue weighted by molar-refractivity contribution is 0.287. The molecule has 7 heteroatoms. The van der Waals surface area contributed by atoms with Gasteiger partial charge in [0.2, 0.25) is 5.65 Å². The summed E-state index contributed by atoms with van der Waals surface area (Å²) in [5, 5.41) is 11.4. The molecule has 1 atom stereocenters. The Labute approximate surface area is 140 Å². The van der Waals surface area contributed by atoms with Crippen LogP contribution in [0.3, 0.4) is 0 Å². The van der Waals surface area contributed by atoms with Crippen molar-refractivity contribution in [1.29, 1.82) is 0 Å². The lowest BCUT2D eigenvalue weighted by Gasteiger charge is -2.18. The first kappa shape index (κ1) is 16.0. The molecule has 2 aromatic heterocycles. The molecule has 24 heavy (non-hydrogen) atoms. The number of fused-ring (bicyclic) bond motifs is 1. The summed E-state index contributed by atoms with van der Waals surface area (Å²) in [5.41, 5.74) is 1.77. The molecule has 1 aromatic carbocycles. The molecule has 7 nitrogen and oxygen atoms in total. The molecule has 0 radical (unpaired) electrons. The highest BCUT2D eigenvalue weighted by atomic mass is 16.5. The second-order valence-electron chi connectivity index (χ2n) is 5.28. The second kappa shape index (κ2) is 7.16. The average molecular weight is 327 g/mol. The number of nitrogens with one attached hydrogen (secondary N) is 1. The molecule has 0 bridgehead atoms. The summed E-state index contributed by atoms with van der Waals surface area (Å²) in [7, 11) is 0. The molecule has 0 aliphatic heterocycles. The van der Waals surface area contributed by atoms with Crippen LogP contribution in [0.25, 0.3) is 5.65 Å². The standard InChI is InChI=1S/C17H21N5O2/c1-4-23-14-7-6-13(10-15(14)24-5-2)12(3)20-16-17-21-19-11-22(17)9-8-18-16/h6-12H,4-5H2,1-3H3,(H,18,20). The third kappa shape index (κ3) is 3.24. The maximum Gasteiger partial charge on any atom is 0.203 e. The molecule has 0 amide bonds. The number of aromatic nitrogens is 4. The van der Waals surface area contributed by atoms with Crippen molar-refractivity contribution >= 4 is 11.5 Å². The fourth-order valence-electron chi connectivity index (χ4n) is 2.49. The van der Waals surface area contributed by atoms with Crippen LogP contribution in [0.1, 0.15) is 32.4 Å². The molecule has 0 saturated carbocycles. The van der Waals surface area contributed by atoms with E-state index >= 15 is 0 Å².